The van der Waals surface area contributed by atoms with E-state index in [0.717, 1.165) is 24.6 Å². The average molecular weight is 349 g/mol. The monoisotopic (exact) mass is 348 g/mol. The molecule has 2 aromatic rings. The number of halogens is 2. The maximum Gasteiger partial charge on any atom is 0.0724 e. The standard InChI is InChI=1S/C9H6BrIN2/c10-7-1-2-8-6(9(7)12)3-5(11)4-13-8/h1-4H,12H2. The molecular weight excluding hydrogens is 343 g/mol. The highest BCUT2D eigenvalue weighted by molar-refractivity contribution is 14.1. The van der Waals surface area contributed by atoms with Crippen molar-refractivity contribution in [3.63, 3.8) is 0 Å². The average Bonchev–Trinajstić information content (AvgIpc) is 2.12. The van der Waals surface area contributed by atoms with Crippen LogP contribution >= 0.6 is 38.5 Å². The summed E-state index contributed by atoms with van der Waals surface area (Å²) >= 11 is 5.61. The molecule has 0 aliphatic heterocycles. The van der Waals surface area contributed by atoms with E-state index in [9.17, 15) is 0 Å². The summed E-state index contributed by atoms with van der Waals surface area (Å²) in [5, 5.41) is 1.00. The van der Waals surface area contributed by atoms with Gasteiger partial charge in [0.05, 0.1) is 11.2 Å². The first kappa shape index (κ1) is 9.21. The predicted molar refractivity (Wildman–Crippen MR) is 66.6 cm³/mol. The molecule has 0 atom stereocenters. The van der Waals surface area contributed by atoms with Crippen LogP contribution in [0.25, 0.3) is 10.9 Å². The van der Waals surface area contributed by atoms with Gasteiger partial charge < -0.3 is 5.73 Å². The van der Waals surface area contributed by atoms with Crippen LogP contribution < -0.4 is 5.73 Å². The van der Waals surface area contributed by atoms with Crippen molar-refractivity contribution in [1.29, 1.82) is 0 Å². The van der Waals surface area contributed by atoms with Crippen molar-refractivity contribution in [3.05, 3.63) is 32.4 Å². The number of aromatic nitrogens is 1. The van der Waals surface area contributed by atoms with E-state index in [4.69, 9.17) is 5.73 Å². The van der Waals surface area contributed by atoms with Crippen molar-refractivity contribution in [2.45, 2.75) is 0 Å². The minimum atomic E-state index is 0.753. The van der Waals surface area contributed by atoms with Crippen molar-refractivity contribution in [2.24, 2.45) is 0 Å². The van der Waals surface area contributed by atoms with Crippen molar-refractivity contribution in [1.82, 2.24) is 4.98 Å². The Morgan fingerprint density at radius 2 is 2.15 bits per heavy atom. The molecule has 2 rings (SSSR count). The van der Waals surface area contributed by atoms with Gasteiger partial charge in [0.15, 0.2) is 0 Å². The van der Waals surface area contributed by atoms with Crippen LogP contribution in [0.2, 0.25) is 0 Å². The third-order valence-corrected chi connectivity index (χ3v) is 3.10. The molecule has 66 valence electrons. The lowest BCUT2D eigenvalue weighted by Gasteiger charge is -2.03. The van der Waals surface area contributed by atoms with Crippen LogP contribution in [-0.4, -0.2) is 4.98 Å². The van der Waals surface area contributed by atoms with Crippen LogP contribution in [0, 0.1) is 3.57 Å². The number of benzene rings is 1. The number of rotatable bonds is 0. The minimum Gasteiger partial charge on any atom is -0.397 e. The molecule has 2 nitrogen and oxygen atoms in total. The van der Waals surface area contributed by atoms with Gasteiger partial charge in [-0.1, -0.05) is 0 Å². The summed E-state index contributed by atoms with van der Waals surface area (Å²) in [4.78, 5) is 4.27. The Bertz CT molecular complexity index is 465. The lowest BCUT2D eigenvalue weighted by Crippen LogP contribution is -1.90. The van der Waals surface area contributed by atoms with Crippen LogP contribution in [0.5, 0.6) is 0 Å². The van der Waals surface area contributed by atoms with E-state index in [1.54, 1.807) is 0 Å². The number of hydrogen-bond donors (Lipinski definition) is 1. The third-order valence-electron chi connectivity index (χ3n) is 1.82. The van der Waals surface area contributed by atoms with E-state index in [-0.39, 0.29) is 0 Å². The van der Waals surface area contributed by atoms with Crippen LogP contribution in [0.4, 0.5) is 5.69 Å². The molecule has 0 radical (unpaired) electrons. The molecule has 0 aliphatic carbocycles. The molecule has 0 spiro atoms. The highest BCUT2D eigenvalue weighted by atomic mass is 127. The number of anilines is 1. The van der Waals surface area contributed by atoms with E-state index in [1.807, 2.05) is 24.4 Å². The highest BCUT2D eigenvalue weighted by Crippen LogP contribution is 2.28. The molecule has 0 unspecified atom stereocenters. The van der Waals surface area contributed by atoms with Crippen LogP contribution in [0.15, 0.2) is 28.9 Å². The van der Waals surface area contributed by atoms with E-state index in [2.05, 4.69) is 43.5 Å². The largest absolute Gasteiger partial charge is 0.397 e. The second kappa shape index (κ2) is 3.42. The normalized spacial score (nSPS) is 10.6. The summed E-state index contributed by atoms with van der Waals surface area (Å²) in [7, 11) is 0. The number of fused-ring (bicyclic) bond motifs is 1. The summed E-state index contributed by atoms with van der Waals surface area (Å²) in [6.45, 7) is 0. The summed E-state index contributed by atoms with van der Waals surface area (Å²) in [5.41, 5.74) is 7.58. The maximum absolute atomic E-state index is 5.90. The van der Waals surface area contributed by atoms with Crippen molar-refractivity contribution in [2.75, 3.05) is 5.73 Å². The molecule has 1 aromatic carbocycles. The van der Waals surface area contributed by atoms with Gasteiger partial charge in [-0.2, -0.15) is 0 Å². The second-order valence-corrected chi connectivity index (χ2v) is 4.78. The first-order valence-corrected chi connectivity index (χ1v) is 5.55. The van der Waals surface area contributed by atoms with Gasteiger partial charge in [0.25, 0.3) is 0 Å². The number of nitrogens with zero attached hydrogens (tertiary/aromatic N) is 1. The fraction of sp³-hybridized carbons (Fsp3) is 0. The van der Waals surface area contributed by atoms with Crippen LogP contribution in [0.3, 0.4) is 0 Å². The van der Waals surface area contributed by atoms with Crippen molar-refractivity contribution in [3.8, 4) is 0 Å². The summed E-state index contributed by atoms with van der Waals surface area (Å²) in [6.07, 6.45) is 1.83. The number of nitrogens with two attached hydrogens (primary N) is 1. The zero-order valence-electron chi connectivity index (χ0n) is 6.59. The Balaban J connectivity index is 2.89. The van der Waals surface area contributed by atoms with Crippen LogP contribution in [-0.2, 0) is 0 Å². The van der Waals surface area contributed by atoms with Crippen molar-refractivity contribution < 1.29 is 0 Å². The third kappa shape index (κ3) is 1.65. The minimum absolute atomic E-state index is 0.753. The van der Waals surface area contributed by atoms with Gasteiger partial charge >= 0.3 is 0 Å². The fourth-order valence-corrected chi connectivity index (χ4v) is 1.97. The first-order valence-electron chi connectivity index (χ1n) is 3.68. The smallest absolute Gasteiger partial charge is 0.0724 e. The second-order valence-electron chi connectivity index (χ2n) is 2.68. The van der Waals surface area contributed by atoms with Gasteiger partial charge in [-0.05, 0) is 56.7 Å². The number of pyridine rings is 1. The summed E-state index contributed by atoms with van der Waals surface area (Å²) in [6, 6.07) is 5.90. The Hall–Kier alpha value is -0.360. The topological polar surface area (TPSA) is 38.9 Å². The zero-order chi connectivity index (χ0) is 9.42. The predicted octanol–water partition coefficient (Wildman–Crippen LogP) is 3.18. The fourth-order valence-electron chi connectivity index (χ4n) is 1.17. The number of nitrogen functional groups attached to an aromatic ring is 1. The molecule has 13 heavy (non-hydrogen) atoms. The van der Waals surface area contributed by atoms with Crippen LogP contribution in [0.1, 0.15) is 0 Å². The lowest BCUT2D eigenvalue weighted by molar-refractivity contribution is 1.39. The Morgan fingerprint density at radius 1 is 1.38 bits per heavy atom. The van der Waals surface area contributed by atoms with E-state index in [0.29, 0.717) is 0 Å². The highest BCUT2D eigenvalue weighted by Gasteiger charge is 2.02. The maximum atomic E-state index is 5.90. The molecule has 0 aliphatic rings. The molecule has 0 bridgehead atoms. The molecular formula is C9H6BrIN2. The van der Waals surface area contributed by atoms with Gasteiger partial charge in [-0.15, -0.1) is 0 Å². The molecule has 1 heterocycles. The molecule has 1 aromatic heterocycles. The van der Waals surface area contributed by atoms with E-state index >= 15 is 0 Å². The summed E-state index contributed by atoms with van der Waals surface area (Å²) < 4.78 is 2.01. The van der Waals surface area contributed by atoms with Gasteiger partial charge in [-0.3, -0.25) is 4.98 Å². The molecule has 0 fully saturated rings. The van der Waals surface area contributed by atoms with Crippen molar-refractivity contribution >= 4 is 55.1 Å². The first-order chi connectivity index (χ1) is 6.18. The molecule has 0 saturated heterocycles. The molecule has 0 amide bonds. The SMILES string of the molecule is Nc1c(Br)ccc2ncc(I)cc12. The Morgan fingerprint density at radius 3 is 2.92 bits per heavy atom. The Kier molecular flexibility index (Phi) is 2.42. The molecule has 0 saturated carbocycles. The lowest BCUT2D eigenvalue weighted by atomic mass is 10.2. The van der Waals surface area contributed by atoms with Gasteiger partial charge in [0, 0.05) is 19.6 Å². The van der Waals surface area contributed by atoms with Gasteiger partial charge in [-0.25, -0.2) is 0 Å². The summed E-state index contributed by atoms with van der Waals surface area (Å²) in [5.74, 6) is 0. The van der Waals surface area contributed by atoms with Gasteiger partial charge in [0.2, 0.25) is 0 Å². The zero-order valence-corrected chi connectivity index (χ0v) is 10.3. The molecule has 4 heteroatoms. The molecule has 2 N–H and O–H groups in total. The van der Waals surface area contributed by atoms with Gasteiger partial charge in [0.1, 0.15) is 0 Å². The van der Waals surface area contributed by atoms with E-state index in [1.165, 1.54) is 0 Å². The van der Waals surface area contributed by atoms with E-state index < -0.39 is 0 Å². The quantitative estimate of drug-likeness (QED) is 0.586. The Labute approximate surface area is 97.8 Å². The number of hydrogen-bond acceptors (Lipinski definition) is 2.